The maximum Gasteiger partial charge on any atom is 0.335 e. The van der Waals surface area contributed by atoms with Crippen molar-refractivity contribution in [1.82, 2.24) is 0 Å². The van der Waals surface area contributed by atoms with Gasteiger partial charge in [0.1, 0.15) is 5.60 Å². The second-order valence-corrected chi connectivity index (χ2v) is 6.05. The molecule has 0 aromatic carbocycles. The number of ketones is 1. The second kappa shape index (κ2) is 5.35. The van der Waals surface area contributed by atoms with E-state index in [0.29, 0.717) is 0 Å². The van der Waals surface area contributed by atoms with Gasteiger partial charge >= 0.3 is 11.9 Å². The summed E-state index contributed by atoms with van der Waals surface area (Å²) in [5.41, 5.74) is -1.03. The highest BCUT2D eigenvalue weighted by Gasteiger charge is 2.58. The van der Waals surface area contributed by atoms with Crippen molar-refractivity contribution in [2.24, 2.45) is 17.8 Å². The number of allylic oxidation sites excluding steroid dienone is 1. The van der Waals surface area contributed by atoms with Gasteiger partial charge in [-0.2, -0.15) is 0 Å². The summed E-state index contributed by atoms with van der Waals surface area (Å²) in [7, 11) is 2.38. The van der Waals surface area contributed by atoms with Gasteiger partial charge in [-0.3, -0.25) is 4.79 Å². The summed E-state index contributed by atoms with van der Waals surface area (Å²) >= 11 is 0. The van der Waals surface area contributed by atoms with E-state index in [-0.39, 0.29) is 17.1 Å². The Morgan fingerprint density at radius 2 is 1.68 bits per heavy atom. The minimum absolute atomic E-state index is 0.00773. The van der Waals surface area contributed by atoms with E-state index in [9.17, 15) is 19.5 Å². The minimum atomic E-state index is -1.75. The summed E-state index contributed by atoms with van der Waals surface area (Å²) in [6, 6.07) is 0. The lowest BCUT2D eigenvalue weighted by Crippen LogP contribution is -2.57. The molecule has 1 N–H and O–H groups in total. The Balaban J connectivity index is 2.76. The summed E-state index contributed by atoms with van der Waals surface area (Å²) < 4.78 is 9.48. The summed E-state index contributed by atoms with van der Waals surface area (Å²) in [5, 5.41) is 10.5. The van der Waals surface area contributed by atoms with Gasteiger partial charge in [0.05, 0.1) is 31.3 Å². The molecule has 0 heterocycles. The van der Waals surface area contributed by atoms with E-state index in [4.69, 9.17) is 9.47 Å². The molecule has 6 nitrogen and oxygen atoms in total. The number of hydrogen-bond acceptors (Lipinski definition) is 6. The lowest BCUT2D eigenvalue weighted by Gasteiger charge is -2.45. The Morgan fingerprint density at radius 1 is 1.18 bits per heavy atom. The first-order valence-electron chi connectivity index (χ1n) is 7.07. The number of ether oxygens (including phenoxy) is 2. The maximum atomic E-state index is 12.6. The largest absolute Gasteiger partial charge is 0.466 e. The lowest BCUT2D eigenvalue weighted by molar-refractivity contribution is -0.150. The molecule has 3 atom stereocenters. The molecule has 0 aromatic heterocycles. The van der Waals surface area contributed by atoms with Crippen LogP contribution in [0, 0.1) is 17.8 Å². The van der Waals surface area contributed by atoms with Crippen molar-refractivity contribution in [1.29, 1.82) is 0 Å². The van der Waals surface area contributed by atoms with Crippen LogP contribution in [-0.4, -0.2) is 42.6 Å². The highest BCUT2D eigenvalue weighted by atomic mass is 16.5. The fourth-order valence-corrected chi connectivity index (χ4v) is 3.24. The summed E-state index contributed by atoms with van der Waals surface area (Å²) in [5.74, 6) is -3.86. The van der Waals surface area contributed by atoms with Crippen LogP contribution < -0.4 is 0 Å². The van der Waals surface area contributed by atoms with Crippen LogP contribution in [0.4, 0.5) is 0 Å². The van der Waals surface area contributed by atoms with Gasteiger partial charge in [0.25, 0.3) is 0 Å². The van der Waals surface area contributed by atoms with Gasteiger partial charge in [0.2, 0.25) is 0 Å². The van der Waals surface area contributed by atoms with Gasteiger partial charge in [-0.1, -0.05) is 25.5 Å². The van der Waals surface area contributed by atoms with Crippen molar-refractivity contribution >= 4 is 17.7 Å². The van der Waals surface area contributed by atoms with Crippen LogP contribution in [0.3, 0.4) is 0 Å². The Hall–Kier alpha value is -1.95. The highest BCUT2D eigenvalue weighted by molar-refractivity contribution is 6.12. The molecule has 6 heteroatoms. The molecule has 3 rings (SSSR count). The monoisotopic (exact) mass is 308 g/mol. The van der Waals surface area contributed by atoms with Crippen molar-refractivity contribution in [3.63, 3.8) is 0 Å². The van der Waals surface area contributed by atoms with E-state index in [1.54, 1.807) is 6.08 Å². The molecule has 22 heavy (non-hydrogen) atoms. The molecular formula is C16H20O6. The molecule has 0 fully saturated rings. The molecule has 0 aliphatic heterocycles. The van der Waals surface area contributed by atoms with E-state index in [1.807, 2.05) is 13.8 Å². The normalized spacial score (nSPS) is 30.5. The van der Waals surface area contributed by atoms with Crippen LogP contribution in [0.25, 0.3) is 0 Å². The first-order valence-corrected chi connectivity index (χ1v) is 7.07. The fourth-order valence-electron chi connectivity index (χ4n) is 3.24. The average molecular weight is 308 g/mol. The Morgan fingerprint density at radius 3 is 2.14 bits per heavy atom. The number of carbonyl (C=O) groups excluding carboxylic acids is 3. The van der Waals surface area contributed by atoms with Crippen LogP contribution in [0.15, 0.2) is 22.8 Å². The third-order valence-corrected chi connectivity index (χ3v) is 4.43. The Labute approximate surface area is 128 Å². The first kappa shape index (κ1) is 16.4. The van der Waals surface area contributed by atoms with E-state index < -0.39 is 35.2 Å². The fraction of sp³-hybridized carbons (Fsp3) is 0.562. The lowest BCUT2D eigenvalue weighted by atomic mass is 9.58. The number of hydrogen-bond donors (Lipinski definition) is 1. The third kappa shape index (κ3) is 2.09. The van der Waals surface area contributed by atoms with Crippen LogP contribution in [0.5, 0.6) is 0 Å². The molecule has 0 spiro atoms. The molecule has 0 radical (unpaired) electrons. The molecular weight excluding hydrogens is 288 g/mol. The van der Waals surface area contributed by atoms with E-state index in [2.05, 4.69) is 0 Å². The number of fused-ring (bicyclic) bond motifs is 1. The predicted molar refractivity (Wildman–Crippen MR) is 76.6 cm³/mol. The smallest absolute Gasteiger partial charge is 0.335 e. The molecule has 120 valence electrons. The summed E-state index contributed by atoms with van der Waals surface area (Å²) in [6.07, 6.45) is 1.70. The quantitative estimate of drug-likeness (QED) is 0.612. The zero-order valence-corrected chi connectivity index (χ0v) is 13.3. The average Bonchev–Trinajstić information content (AvgIpc) is 2.48. The molecule has 2 bridgehead atoms. The molecule has 3 unspecified atom stereocenters. The van der Waals surface area contributed by atoms with Crippen molar-refractivity contribution in [3.05, 3.63) is 22.8 Å². The van der Waals surface area contributed by atoms with Gasteiger partial charge in [0.15, 0.2) is 5.78 Å². The predicted octanol–water partition coefficient (Wildman–Crippen LogP) is 0.791. The molecule has 0 amide bonds. The van der Waals surface area contributed by atoms with E-state index in [1.165, 1.54) is 21.1 Å². The van der Waals surface area contributed by atoms with Crippen LogP contribution >= 0.6 is 0 Å². The molecule has 3 aliphatic carbocycles. The molecule has 0 aromatic rings. The first-order chi connectivity index (χ1) is 10.2. The van der Waals surface area contributed by atoms with Gasteiger partial charge in [-0.25, -0.2) is 9.59 Å². The van der Waals surface area contributed by atoms with E-state index >= 15 is 0 Å². The zero-order valence-electron chi connectivity index (χ0n) is 13.3. The standard InChI is InChI=1S/C16H20O6/c1-7(2)8-6-9-11(14(18)21-4)12(15(19)22-5)10(8)13(17)16(9,3)20/h6-7,9-10,20H,1-5H3. The minimum Gasteiger partial charge on any atom is -0.466 e. The zero-order chi connectivity index (χ0) is 16.8. The Kier molecular flexibility index (Phi) is 4.00. The van der Waals surface area contributed by atoms with Gasteiger partial charge < -0.3 is 14.6 Å². The molecule has 3 aliphatic rings. The van der Waals surface area contributed by atoms with Crippen molar-refractivity contribution in [3.8, 4) is 0 Å². The number of rotatable bonds is 3. The maximum absolute atomic E-state index is 12.6. The second-order valence-electron chi connectivity index (χ2n) is 6.05. The van der Waals surface area contributed by atoms with Gasteiger partial charge in [0, 0.05) is 5.92 Å². The van der Waals surface area contributed by atoms with Crippen molar-refractivity contribution in [2.75, 3.05) is 14.2 Å². The number of carbonyl (C=O) groups is 3. The van der Waals surface area contributed by atoms with Crippen molar-refractivity contribution < 1.29 is 29.0 Å². The van der Waals surface area contributed by atoms with Gasteiger partial charge in [-0.05, 0) is 12.8 Å². The summed E-state index contributed by atoms with van der Waals surface area (Å²) in [4.78, 5) is 36.9. The molecule has 0 saturated carbocycles. The molecule has 0 saturated heterocycles. The summed E-state index contributed by atoms with van der Waals surface area (Å²) in [6.45, 7) is 5.14. The highest BCUT2D eigenvalue weighted by Crippen LogP contribution is 2.50. The Bertz CT molecular complexity index is 608. The topological polar surface area (TPSA) is 89.9 Å². The van der Waals surface area contributed by atoms with Crippen LogP contribution in [0.2, 0.25) is 0 Å². The third-order valence-electron chi connectivity index (χ3n) is 4.43. The van der Waals surface area contributed by atoms with Crippen LogP contribution in [0.1, 0.15) is 20.8 Å². The van der Waals surface area contributed by atoms with Crippen molar-refractivity contribution in [2.45, 2.75) is 26.4 Å². The van der Waals surface area contributed by atoms with E-state index in [0.717, 1.165) is 5.57 Å². The van der Waals surface area contributed by atoms with Crippen LogP contribution in [-0.2, 0) is 23.9 Å². The number of aliphatic hydroxyl groups is 1. The number of Topliss-reactive ketones (excluding diaryl/α,β-unsaturated/α-hetero) is 1. The van der Waals surface area contributed by atoms with Gasteiger partial charge in [-0.15, -0.1) is 0 Å². The SMILES string of the molecule is COC(=O)C1=C(C(=O)OC)C2C=C(C(C)C)C1C(=O)C2(C)O. The number of methoxy groups -OCH3 is 2. The number of esters is 2.